The molecule has 56 heavy (non-hydrogen) atoms. The first-order chi connectivity index (χ1) is 27.8. The van der Waals surface area contributed by atoms with Gasteiger partial charge in [0.05, 0.1) is 11.1 Å². The molecular weight excluding hydrogens is 675 g/mol. The largest absolute Gasteiger partial charge is 0.310 e. The molecule has 0 unspecified atom stereocenters. The van der Waals surface area contributed by atoms with E-state index >= 15 is 0 Å². The van der Waals surface area contributed by atoms with E-state index in [4.69, 9.17) is 0 Å². The molecule has 1 heteroatoms. The van der Waals surface area contributed by atoms with E-state index in [2.05, 4.69) is 241 Å². The van der Waals surface area contributed by atoms with E-state index in [0.717, 1.165) is 17.1 Å². The Hall–Kier alpha value is -7.22. The smallest absolute Gasteiger partial charge is 0.0714 e. The average Bonchev–Trinajstić information content (AvgIpc) is 3.58. The van der Waals surface area contributed by atoms with Crippen molar-refractivity contribution in [3.05, 3.63) is 259 Å². The molecule has 0 aliphatic heterocycles. The number of fused-ring (bicyclic) bond motifs is 3. The van der Waals surface area contributed by atoms with Gasteiger partial charge in [-0.2, -0.15) is 0 Å². The summed E-state index contributed by atoms with van der Waals surface area (Å²) >= 11 is 0. The van der Waals surface area contributed by atoms with Gasteiger partial charge in [-0.1, -0.05) is 200 Å². The molecule has 0 spiro atoms. The molecule has 0 atom stereocenters. The number of benzene rings is 9. The summed E-state index contributed by atoms with van der Waals surface area (Å²) in [6, 6.07) is 86.2. The fourth-order valence-corrected chi connectivity index (χ4v) is 8.80. The van der Waals surface area contributed by atoms with E-state index in [1.807, 2.05) is 0 Å². The molecular formula is C55H39N. The number of rotatable bonds is 8. The topological polar surface area (TPSA) is 3.24 Å². The summed E-state index contributed by atoms with van der Waals surface area (Å²) in [6.07, 6.45) is 0. The van der Waals surface area contributed by atoms with Gasteiger partial charge in [0.25, 0.3) is 0 Å². The van der Waals surface area contributed by atoms with Crippen LogP contribution in [0.4, 0.5) is 17.1 Å². The summed E-state index contributed by atoms with van der Waals surface area (Å²) in [5.74, 6) is 0. The first-order valence-electron chi connectivity index (χ1n) is 19.3. The average molecular weight is 714 g/mol. The van der Waals surface area contributed by atoms with Crippen LogP contribution in [0.1, 0.15) is 22.3 Å². The lowest BCUT2D eigenvalue weighted by molar-refractivity contribution is 0.768. The van der Waals surface area contributed by atoms with Crippen molar-refractivity contribution >= 4 is 17.1 Å². The quantitative estimate of drug-likeness (QED) is 0.152. The van der Waals surface area contributed by atoms with Gasteiger partial charge in [-0.3, -0.25) is 0 Å². The van der Waals surface area contributed by atoms with E-state index in [9.17, 15) is 0 Å². The second kappa shape index (κ2) is 14.2. The predicted molar refractivity (Wildman–Crippen MR) is 235 cm³/mol. The number of nitrogens with zero attached hydrogens (tertiary/aromatic N) is 1. The number of hydrogen-bond acceptors (Lipinski definition) is 1. The van der Waals surface area contributed by atoms with Crippen LogP contribution in [0.2, 0.25) is 0 Å². The number of anilines is 3. The fraction of sp³-hybridized carbons (Fsp3) is 0.0182. The highest BCUT2D eigenvalue weighted by Crippen LogP contribution is 2.58. The third-order valence-corrected chi connectivity index (χ3v) is 11.4. The Balaban J connectivity index is 1.20. The van der Waals surface area contributed by atoms with Crippen molar-refractivity contribution in [2.24, 2.45) is 0 Å². The molecule has 0 amide bonds. The molecule has 0 saturated carbocycles. The summed E-state index contributed by atoms with van der Waals surface area (Å²) in [6.45, 7) is 0. The van der Waals surface area contributed by atoms with Crippen LogP contribution >= 0.6 is 0 Å². The van der Waals surface area contributed by atoms with Gasteiger partial charge in [0.2, 0.25) is 0 Å². The van der Waals surface area contributed by atoms with E-state index in [-0.39, 0.29) is 0 Å². The summed E-state index contributed by atoms with van der Waals surface area (Å²) in [5, 5.41) is 0. The Kier molecular flexibility index (Phi) is 8.46. The third kappa shape index (κ3) is 5.65. The van der Waals surface area contributed by atoms with Crippen molar-refractivity contribution in [3.8, 4) is 44.5 Å². The van der Waals surface area contributed by atoms with E-state index < -0.39 is 5.41 Å². The van der Waals surface area contributed by atoms with Gasteiger partial charge in [0.1, 0.15) is 0 Å². The van der Waals surface area contributed by atoms with Gasteiger partial charge < -0.3 is 4.90 Å². The summed E-state index contributed by atoms with van der Waals surface area (Å²) in [5.41, 5.74) is 17.6. The van der Waals surface area contributed by atoms with Crippen molar-refractivity contribution in [3.63, 3.8) is 0 Å². The van der Waals surface area contributed by atoms with Crippen molar-refractivity contribution in [1.29, 1.82) is 0 Å². The van der Waals surface area contributed by atoms with Crippen LogP contribution in [0.3, 0.4) is 0 Å². The Labute approximate surface area is 329 Å². The van der Waals surface area contributed by atoms with Gasteiger partial charge in [0.15, 0.2) is 0 Å². The minimum atomic E-state index is -0.517. The van der Waals surface area contributed by atoms with Crippen LogP contribution in [-0.4, -0.2) is 0 Å². The summed E-state index contributed by atoms with van der Waals surface area (Å²) in [4.78, 5) is 2.44. The monoisotopic (exact) mass is 713 g/mol. The van der Waals surface area contributed by atoms with Crippen LogP contribution in [0, 0.1) is 0 Å². The molecule has 0 bridgehead atoms. The van der Waals surface area contributed by atoms with Crippen LogP contribution < -0.4 is 4.90 Å². The minimum absolute atomic E-state index is 0.517. The van der Waals surface area contributed by atoms with Gasteiger partial charge >= 0.3 is 0 Å². The SMILES string of the molecule is c1ccc(-c2ccc(-c3ccc(N(c4ccccc4)c4cc5c(cc4-c4ccccc4)-c4ccccc4C5(c4ccccc4)c4ccccc4)cc3)cc2)cc1. The highest BCUT2D eigenvalue weighted by molar-refractivity contribution is 5.96. The van der Waals surface area contributed by atoms with Crippen molar-refractivity contribution in [2.45, 2.75) is 5.41 Å². The fourth-order valence-electron chi connectivity index (χ4n) is 8.80. The van der Waals surface area contributed by atoms with Crippen LogP contribution in [0.25, 0.3) is 44.5 Å². The maximum Gasteiger partial charge on any atom is 0.0714 e. The first-order valence-corrected chi connectivity index (χ1v) is 19.3. The highest BCUT2D eigenvalue weighted by atomic mass is 15.1. The molecule has 10 rings (SSSR count). The Morgan fingerprint density at radius 1 is 0.268 bits per heavy atom. The van der Waals surface area contributed by atoms with E-state index in [0.29, 0.717) is 0 Å². The molecule has 0 fully saturated rings. The van der Waals surface area contributed by atoms with Gasteiger partial charge in [-0.15, -0.1) is 0 Å². The molecule has 0 saturated heterocycles. The molecule has 1 aliphatic carbocycles. The zero-order chi connectivity index (χ0) is 37.3. The summed E-state index contributed by atoms with van der Waals surface area (Å²) in [7, 11) is 0. The van der Waals surface area contributed by atoms with Crippen molar-refractivity contribution in [1.82, 2.24) is 0 Å². The van der Waals surface area contributed by atoms with Gasteiger partial charge in [0, 0.05) is 16.9 Å². The van der Waals surface area contributed by atoms with E-state index in [1.54, 1.807) is 0 Å². The zero-order valence-corrected chi connectivity index (χ0v) is 31.0. The molecule has 1 nitrogen and oxygen atoms in total. The maximum absolute atomic E-state index is 2.49. The Bertz CT molecular complexity index is 2700. The lowest BCUT2D eigenvalue weighted by atomic mass is 9.67. The molecule has 9 aromatic carbocycles. The molecule has 264 valence electrons. The van der Waals surface area contributed by atoms with Crippen molar-refractivity contribution in [2.75, 3.05) is 4.90 Å². The number of para-hydroxylation sites is 1. The second-order valence-electron chi connectivity index (χ2n) is 14.5. The maximum atomic E-state index is 2.49. The first kappa shape index (κ1) is 33.4. The second-order valence-corrected chi connectivity index (χ2v) is 14.5. The Morgan fingerprint density at radius 3 is 1.23 bits per heavy atom. The predicted octanol–water partition coefficient (Wildman–Crippen LogP) is 14.5. The molecule has 0 heterocycles. The molecule has 0 N–H and O–H groups in total. The van der Waals surface area contributed by atoms with E-state index in [1.165, 1.54) is 66.8 Å². The number of hydrogen-bond donors (Lipinski definition) is 0. The van der Waals surface area contributed by atoms with Crippen LogP contribution in [-0.2, 0) is 5.41 Å². The lowest BCUT2D eigenvalue weighted by Gasteiger charge is -2.35. The summed E-state index contributed by atoms with van der Waals surface area (Å²) < 4.78 is 0. The van der Waals surface area contributed by atoms with Gasteiger partial charge in [-0.05, 0) is 97.6 Å². The normalized spacial score (nSPS) is 12.4. The minimum Gasteiger partial charge on any atom is -0.310 e. The Morgan fingerprint density at radius 2 is 0.679 bits per heavy atom. The molecule has 0 radical (unpaired) electrons. The molecule has 1 aliphatic rings. The zero-order valence-electron chi connectivity index (χ0n) is 31.0. The van der Waals surface area contributed by atoms with Crippen LogP contribution in [0.5, 0.6) is 0 Å². The highest BCUT2D eigenvalue weighted by Gasteiger charge is 2.46. The molecule has 9 aromatic rings. The van der Waals surface area contributed by atoms with Gasteiger partial charge in [-0.25, -0.2) is 0 Å². The standard InChI is InChI=1S/C55H39N/c1-6-18-40(19-7-1)41-30-32-42(33-31-41)43-34-36-48(37-35-43)56(47-26-14-5-15-27-47)54-39-53-51(38-50(54)44-20-8-2-9-21-44)49-28-16-17-29-52(49)55(53,45-22-10-3-11-23-45)46-24-12-4-13-25-46/h1-39H. The molecule has 0 aromatic heterocycles. The van der Waals surface area contributed by atoms with Crippen molar-refractivity contribution < 1.29 is 0 Å². The van der Waals surface area contributed by atoms with Crippen LogP contribution in [0.15, 0.2) is 237 Å². The lowest BCUT2D eigenvalue weighted by Crippen LogP contribution is -2.28. The third-order valence-electron chi connectivity index (χ3n) is 11.4.